The zero-order valence-corrected chi connectivity index (χ0v) is 13.9. The van der Waals surface area contributed by atoms with E-state index in [2.05, 4.69) is 30.5 Å². The summed E-state index contributed by atoms with van der Waals surface area (Å²) in [4.78, 5) is 4.90. The van der Waals surface area contributed by atoms with E-state index in [0.29, 0.717) is 19.8 Å². The Hall–Kier alpha value is -0.720. The Morgan fingerprint density at radius 3 is 2.90 bits per heavy atom. The third-order valence-corrected chi connectivity index (χ3v) is 4.00. The van der Waals surface area contributed by atoms with Crippen LogP contribution in [0.3, 0.4) is 0 Å². The van der Waals surface area contributed by atoms with Gasteiger partial charge in [-0.25, -0.2) is 0 Å². The van der Waals surface area contributed by atoms with Crippen molar-refractivity contribution in [2.45, 2.75) is 26.0 Å². The summed E-state index contributed by atoms with van der Waals surface area (Å²) in [6.45, 7) is 9.65. The zero-order valence-electron chi connectivity index (χ0n) is 13.1. The summed E-state index contributed by atoms with van der Waals surface area (Å²) in [5, 5.41) is 10.1. The third-order valence-electron chi connectivity index (χ3n) is 3.01. The van der Waals surface area contributed by atoms with Crippen molar-refractivity contribution in [3.05, 3.63) is 34.5 Å². The van der Waals surface area contributed by atoms with Crippen molar-refractivity contribution < 1.29 is 14.6 Å². The molecule has 0 aliphatic carbocycles. The molecular weight excluding hydrogens is 286 g/mol. The van der Waals surface area contributed by atoms with Crippen molar-refractivity contribution in [3.8, 4) is 0 Å². The average Bonchev–Trinajstić information content (AvgIpc) is 2.84. The van der Waals surface area contributed by atoms with Crippen LogP contribution in [0.2, 0.25) is 0 Å². The first-order valence-corrected chi connectivity index (χ1v) is 8.10. The first-order chi connectivity index (χ1) is 10.2. The van der Waals surface area contributed by atoms with Gasteiger partial charge in [0.05, 0.1) is 19.3 Å². The van der Waals surface area contributed by atoms with Crippen LogP contribution in [0.15, 0.2) is 24.8 Å². The fourth-order valence-electron chi connectivity index (χ4n) is 2.10. The van der Waals surface area contributed by atoms with Crippen LogP contribution >= 0.6 is 11.3 Å². The Morgan fingerprint density at radius 2 is 2.29 bits per heavy atom. The lowest BCUT2D eigenvalue weighted by Gasteiger charge is -2.24. The molecule has 0 saturated heterocycles. The first-order valence-electron chi connectivity index (χ1n) is 7.29. The van der Waals surface area contributed by atoms with E-state index in [0.717, 1.165) is 26.1 Å². The molecule has 1 rings (SSSR count). The minimum absolute atomic E-state index is 0.344. The van der Waals surface area contributed by atoms with Gasteiger partial charge in [0.25, 0.3) is 0 Å². The molecule has 1 heterocycles. The number of hydrogen-bond acceptors (Lipinski definition) is 5. The lowest BCUT2D eigenvalue weighted by atomic mass is 10.3. The van der Waals surface area contributed by atoms with Crippen molar-refractivity contribution >= 4 is 11.3 Å². The molecule has 1 atom stereocenters. The molecule has 120 valence electrons. The Balaban J connectivity index is 2.44. The quantitative estimate of drug-likeness (QED) is 0.475. The SMILES string of the molecule is C=CCOCC(O)CN(CCCOC)Cc1ccc(C)s1. The predicted molar refractivity (Wildman–Crippen MR) is 87.8 cm³/mol. The summed E-state index contributed by atoms with van der Waals surface area (Å²) in [6, 6.07) is 4.29. The lowest BCUT2D eigenvalue weighted by molar-refractivity contribution is 0.0231. The van der Waals surface area contributed by atoms with Crippen LogP contribution in [0.25, 0.3) is 0 Å². The normalized spacial score (nSPS) is 12.8. The maximum atomic E-state index is 10.1. The van der Waals surface area contributed by atoms with Gasteiger partial charge in [-0.15, -0.1) is 17.9 Å². The molecule has 0 fully saturated rings. The molecular formula is C16H27NO3S. The predicted octanol–water partition coefficient (Wildman–Crippen LogP) is 2.46. The highest BCUT2D eigenvalue weighted by Crippen LogP contribution is 2.17. The summed E-state index contributed by atoms with van der Waals surface area (Å²) in [5.74, 6) is 0. The van der Waals surface area contributed by atoms with Gasteiger partial charge in [0.2, 0.25) is 0 Å². The first kappa shape index (κ1) is 18.3. The van der Waals surface area contributed by atoms with Gasteiger partial charge in [0.15, 0.2) is 0 Å². The Bertz CT molecular complexity index is 395. The van der Waals surface area contributed by atoms with Gasteiger partial charge in [0.1, 0.15) is 0 Å². The highest BCUT2D eigenvalue weighted by atomic mass is 32.1. The topological polar surface area (TPSA) is 41.9 Å². The number of aliphatic hydroxyl groups is 1. The zero-order chi connectivity index (χ0) is 15.5. The molecule has 1 unspecified atom stereocenters. The van der Waals surface area contributed by atoms with Crippen LogP contribution < -0.4 is 0 Å². The minimum atomic E-state index is -0.478. The van der Waals surface area contributed by atoms with Gasteiger partial charge in [0, 0.05) is 43.1 Å². The number of ether oxygens (including phenoxy) is 2. The number of methoxy groups -OCH3 is 1. The van der Waals surface area contributed by atoms with Crippen molar-refractivity contribution in [1.29, 1.82) is 0 Å². The minimum Gasteiger partial charge on any atom is -0.389 e. The highest BCUT2D eigenvalue weighted by Gasteiger charge is 2.13. The monoisotopic (exact) mass is 313 g/mol. The van der Waals surface area contributed by atoms with E-state index in [4.69, 9.17) is 9.47 Å². The second-order valence-electron chi connectivity index (χ2n) is 5.07. The van der Waals surface area contributed by atoms with E-state index >= 15 is 0 Å². The maximum Gasteiger partial charge on any atom is 0.0900 e. The molecule has 4 nitrogen and oxygen atoms in total. The second kappa shape index (κ2) is 10.9. The standard InChI is InChI=1S/C16H27NO3S/c1-4-9-20-13-15(18)11-17(8-5-10-19-3)12-16-7-6-14(2)21-16/h4,6-7,15,18H,1,5,8-13H2,2-3H3. The van der Waals surface area contributed by atoms with Crippen LogP contribution in [0.5, 0.6) is 0 Å². The molecule has 1 N–H and O–H groups in total. The molecule has 0 radical (unpaired) electrons. The lowest BCUT2D eigenvalue weighted by Crippen LogP contribution is -2.35. The molecule has 0 aliphatic rings. The number of thiophene rings is 1. The van der Waals surface area contributed by atoms with Crippen molar-refractivity contribution in [3.63, 3.8) is 0 Å². The van der Waals surface area contributed by atoms with Crippen LogP contribution in [0.4, 0.5) is 0 Å². The summed E-state index contributed by atoms with van der Waals surface area (Å²) in [5.41, 5.74) is 0. The largest absolute Gasteiger partial charge is 0.389 e. The van der Waals surface area contributed by atoms with Gasteiger partial charge in [-0.2, -0.15) is 0 Å². The molecule has 0 spiro atoms. The van der Waals surface area contributed by atoms with Gasteiger partial charge in [-0.1, -0.05) is 6.08 Å². The summed E-state index contributed by atoms with van der Waals surface area (Å²) >= 11 is 1.80. The Kier molecular flexibility index (Phi) is 9.54. The van der Waals surface area contributed by atoms with E-state index < -0.39 is 6.10 Å². The van der Waals surface area contributed by atoms with Crippen LogP contribution in [0.1, 0.15) is 16.2 Å². The Morgan fingerprint density at radius 1 is 1.48 bits per heavy atom. The van der Waals surface area contributed by atoms with Crippen molar-refractivity contribution in [2.75, 3.05) is 40.0 Å². The molecule has 21 heavy (non-hydrogen) atoms. The summed E-state index contributed by atoms with van der Waals surface area (Å²) < 4.78 is 10.4. The fourth-order valence-corrected chi connectivity index (χ4v) is 3.03. The van der Waals surface area contributed by atoms with Gasteiger partial charge < -0.3 is 14.6 Å². The van der Waals surface area contributed by atoms with Gasteiger partial charge >= 0.3 is 0 Å². The third kappa shape index (κ3) is 8.34. The second-order valence-corrected chi connectivity index (χ2v) is 6.45. The number of hydrogen-bond donors (Lipinski definition) is 1. The molecule has 0 amide bonds. The maximum absolute atomic E-state index is 10.1. The smallest absolute Gasteiger partial charge is 0.0900 e. The van der Waals surface area contributed by atoms with E-state index in [1.54, 1.807) is 24.5 Å². The van der Waals surface area contributed by atoms with Crippen LogP contribution in [-0.2, 0) is 16.0 Å². The van der Waals surface area contributed by atoms with E-state index in [9.17, 15) is 5.11 Å². The number of aliphatic hydroxyl groups excluding tert-OH is 1. The highest BCUT2D eigenvalue weighted by molar-refractivity contribution is 7.11. The molecule has 0 bridgehead atoms. The molecule has 0 saturated carbocycles. The fraction of sp³-hybridized carbons (Fsp3) is 0.625. The van der Waals surface area contributed by atoms with Crippen molar-refractivity contribution in [1.82, 2.24) is 4.90 Å². The van der Waals surface area contributed by atoms with Crippen molar-refractivity contribution in [2.24, 2.45) is 0 Å². The average molecular weight is 313 g/mol. The van der Waals surface area contributed by atoms with Gasteiger partial charge in [-0.3, -0.25) is 4.90 Å². The molecule has 1 aromatic heterocycles. The van der Waals surface area contributed by atoms with Gasteiger partial charge in [-0.05, 0) is 25.5 Å². The van der Waals surface area contributed by atoms with E-state index in [1.165, 1.54) is 9.75 Å². The van der Waals surface area contributed by atoms with E-state index in [1.807, 2.05) is 0 Å². The molecule has 0 aromatic carbocycles. The van der Waals surface area contributed by atoms with Crippen LogP contribution in [-0.4, -0.2) is 56.1 Å². The molecule has 1 aromatic rings. The number of aryl methyl sites for hydroxylation is 1. The van der Waals surface area contributed by atoms with E-state index in [-0.39, 0.29) is 0 Å². The summed E-state index contributed by atoms with van der Waals surface area (Å²) in [7, 11) is 1.71. The number of rotatable bonds is 12. The molecule has 5 heteroatoms. The summed E-state index contributed by atoms with van der Waals surface area (Å²) in [6.07, 6.45) is 2.17. The number of nitrogens with zero attached hydrogens (tertiary/aromatic N) is 1. The van der Waals surface area contributed by atoms with Crippen LogP contribution in [0, 0.1) is 6.92 Å². The Labute approximate surface area is 132 Å². The molecule has 0 aliphatic heterocycles.